The van der Waals surface area contributed by atoms with Crippen LogP contribution in [0.4, 0.5) is 0 Å². The van der Waals surface area contributed by atoms with E-state index in [4.69, 9.17) is 35.4 Å². The van der Waals surface area contributed by atoms with Crippen LogP contribution in [-0.4, -0.2) is 16.5 Å². The van der Waals surface area contributed by atoms with Crippen LogP contribution in [0, 0.1) is 30.6 Å². The first-order chi connectivity index (χ1) is 4.88. The average molecular weight is 311 g/mol. The number of carbonyl (C=O) groups excluding carboxylic acids is 1. The van der Waals surface area contributed by atoms with E-state index in [1.165, 1.54) is 13.2 Å². The molecule has 0 aliphatic rings. The quantitative estimate of drug-likeness (QED) is 0.231. The van der Waals surface area contributed by atoms with Crippen LogP contribution in [0.2, 0.25) is 0 Å². The van der Waals surface area contributed by atoms with Gasteiger partial charge in [-0.25, -0.2) is 0 Å². The zero-order chi connectivity index (χ0) is 9.86. The van der Waals surface area contributed by atoms with Crippen LogP contribution in [0.3, 0.4) is 0 Å². The van der Waals surface area contributed by atoms with Crippen LogP contribution in [-0.2, 0) is 21.6 Å². The standard InChI is InChI=1S/C2H3O.Co.2NO3.5H3N/c1-2-3;;2*2-1(3)4;;;;;/h1H3;;;;5*1H3/q-1;+3;2*-1;;;;;. The minimum Gasteiger partial charge on any atom is -0.542 e. The maximum absolute atomic E-state index is 8.68. The Bertz CT molecular complexity index is 115. The van der Waals surface area contributed by atoms with Crippen molar-refractivity contribution in [3.63, 3.8) is 0 Å². The molecule has 15 N–H and O–H groups in total. The molecule has 0 fully saturated rings. The van der Waals surface area contributed by atoms with Crippen molar-refractivity contribution in [1.82, 2.24) is 30.8 Å². The van der Waals surface area contributed by atoms with Crippen LogP contribution >= 0.6 is 0 Å². The molecule has 0 aromatic carbocycles. The molecule has 0 aromatic heterocycles. The summed E-state index contributed by atoms with van der Waals surface area (Å²) in [6.45, 7) is 1.32. The van der Waals surface area contributed by atoms with E-state index in [1.807, 2.05) is 0 Å². The Balaban J connectivity index is -0.00000000691. The third-order valence-corrected chi connectivity index (χ3v) is 0. The van der Waals surface area contributed by atoms with Gasteiger partial charge in [-0.15, -0.1) is 0 Å². The van der Waals surface area contributed by atoms with Crippen LogP contribution in [0.25, 0.3) is 0 Å². The molecule has 15 heteroatoms. The summed E-state index contributed by atoms with van der Waals surface area (Å²) in [5.41, 5.74) is 0. The summed E-state index contributed by atoms with van der Waals surface area (Å²) in [6.07, 6.45) is 1.50. The second-order valence-corrected chi connectivity index (χ2v) is 0.651. The van der Waals surface area contributed by atoms with E-state index in [0.29, 0.717) is 0 Å². The first-order valence-electron chi connectivity index (χ1n) is 1.80. The van der Waals surface area contributed by atoms with Gasteiger partial charge >= 0.3 is 16.8 Å². The van der Waals surface area contributed by atoms with Gasteiger partial charge in [-0.2, -0.15) is 6.92 Å². The van der Waals surface area contributed by atoms with Crippen LogP contribution in [0.1, 0.15) is 6.92 Å². The summed E-state index contributed by atoms with van der Waals surface area (Å²) in [5, 5.41) is 29.5. The Morgan fingerprint density at radius 2 is 0.765 bits per heavy atom. The van der Waals surface area contributed by atoms with E-state index in [2.05, 4.69) is 0 Å². The van der Waals surface area contributed by atoms with Crippen molar-refractivity contribution in [3.05, 3.63) is 30.6 Å². The Kier molecular flexibility index (Phi) is 409. The smallest absolute Gasteiger partial charge is 0.542 e. The maximum atomic E-state index is 8.68. The molecule has 0 spiro atoms. The molecular weight excluding hydrogens is 293 g/mol. The first kappa shape index (κ1) is 78.2. The molecule has 0 saturated heterocycles. The summed E-state index contributed by atoms with van der Waals surface area (Å²) in [7, 11) is 0. The maximum Gasteiger partial charge on any atom is 3.00 e. The molecule has 0 unspecified atom stereocenters. The molecule has 0 saturated carbocycles. The molecule has 0 rings (SSSR count). The van der Waals surface area contributed by atoms with E-state index >= 15 is 0 Å². The molecular formula is C2H18CoN7O7. The zero-order valence-electron chi connectivity index (χ0n) is 9.12. The number of hydrogen-bond donors (Lipinski definition) is 5. The predicted molar refractivity (Wildman–Crippen MR) is 57.2 cm³/mol. The molecule has 0 aromatic rings. The summed E-state index contributed by atoms with van der Waals surface area (Å²) in [4.78, 5) is 25.2. The second kappa shape index (κ2) is 89.0. The van der Waals surface area contributed by atoms with Crippen molar-refractivity contribution >= 4 is 6.29 Å². The summed E-state index contributed by atoms with van der Waals surface area (Å²) >= 11 is 0. The normalized spacial score (nSPS) is 3.59. The summed E-state index contributed by atoms with van der Waals surface area (Å²) < 4.78 is 0. The van der Waals surface area contributed by atoms with Gasteiger partial charge in [-0.3, -0.25) is 6.29 Å². The molecule has 0 heterocycles. The van der Waals surface area contributed by atoms with Gasteiger partial charge in [0.25, 0.3) is 0 Å². The molecule has 112 valence electrons. The van der Waals surface area contributed by atoms with E-state index in [1.54, 1.807) is 0 Å². The fraction of sp³-hybridized carbons (Fsp3) is 0.500. The van der Waals surface area contributed by atoms with Gasteiger partial charge < -0.3 is 66.2 Å². The van der Waals surface area contributed by atoms with Crippen molar-refractivity contribution in [2.24, 2.45) is 0 Å². The average Bonchev–Trinajstić information content (AvgIpc) is 1.60. The van der Waals surface area contributed by atoms with Gasteiger partial charge in [0.2, 0.25) is 0 Å². The van der Waals surface area contributed by atoms with E-state index in [0.717, 1.165) is 0 Å². The summed E-state index contributed by atoms with van der Waals surface area (Å²) in [5.74, 6) is 0. The predicted octanol–water partition coefficient (Wildman–Crippen LogP) is 0.445. The van der Waals surface area contributed by atoms with Gasteiger partial charge in [0.15, 0.2) is 0 Å². The van der Waals surface area contributed by atoms with Crippen molar-refractivity contribution in [1.29, 1.82) is 0 Å². The molecule has 14 nitrogen and oxygen atoms in total. The van der Waals surface area contributed by atoms with E-state index < -0.39 is 10.2 Å². The largest absolute Gasteiger partial charge is 3.00 e. The van der Waals surface area contributed by atoms with Gasteiger partial charge in [-0.05, 0) is 0 Å². The van der Waals surface area contributed by atoms with Crippen molar-refractivity contribution in [2.75, 3.05) is 0 Å². The molecule has 17 heavy (non-hydrogen) atoms. The monoisotopic (exact) mass is 311 g/mol. The van der Waals surface area contributed by atoms with E-state index in [9.17, 15) is 0 Å². The minimum atomic E-state index is -1.75. The Labute approximate surface area is 107 Å². The van der Waals surface area contributed by atoms with Crippen molar-refractivity contribution in [3.8, 4) is 0 Å². The molecule has 0 atom stereocenters. The van der Waals surface area contributed by atoms with Crippen molar-refractivity contribution < 1.29 is 31.7 Å². The SMILES string of the molecule is C[C-]=O.N.N.N.N.N.O=[N+]([O-])[O-].O=[N+]([O-])[O-].[Co+3]. The number of rotatable bonds is 0. The topological polar surface area (TPSA) is 324 Å². The fourth-order valence-corrected chi connectivity index (χ4v) is 0. The Morgan fingerprint density at radius 3 is 0.765 bits per heavy atom. The second-order valence-electron chi connectivity index (χ2n) is 0.651. The van der Waals surface area contributed by atoms with Crippen molar-refractivity contribution in [2.45, 2.75) is 6.92 Å². The molecule has 0 aliphatic heterocycles. The molecule has 0 aliphatic carbocycles. The number of hydrogen-bond acceptors (Lipinski definition) is 12. The van der Waals surface area contributed by atoms with E-state index in [-0.39, 0.29) is 47.5 Å². The van der Waals surface area contributed by atoms with Gasteiger partial charge in [0.1, 0.15) is 0 Å². The van der Waals surface area contributed by atoms with Gasteiger partial charge in [-0.1, -0.05) is 0 Å². The third-order valence-electron chi connectivity index (χ3n) is 0. The summed E-state index contributed by atoms with van der Waals surface area (Å²) in [6, 6.07) is 0. The molecule has 0 bridgehead atoms. The minimum absolute atomic E-state index is 0. The zero-order valence-corrected chi connectivity index (χ0v) is 10.2. The fourth-order valence-electron chi connectivity index (χ4n) is 0. The Morgan fingerprint density at radius 1 is 0.765 bits per heavy atom. The molecule has 0 amide bonds. The Hall–Kier alpha value is -1.62. The number of nitrogens with zero attached hydrogens (tertiary/aromatic N) is 2. The van der Waals surface area contributed by atoms with Crippen LogP contribution < -0.4 is 30.8 Å². The molecule has 0 radical (unpaired) electrons. The van der Waals surface area contributed by atoms with Gasteiger partial charge in [0.05, 0.1) is 10.2 Å². The van der Waals surface area contributed by atoms with Crippen LogP contribution in [0.15, 0.2) is 0 Å². The first-order valence-corrected chi connectivity index (χ1v) is 1.80. The van der Waals surface area contributed by atoms with Gasteiger partial charge in [0, 0.05) is 0 Å². The third kappa shape index (κ3) is 835. The van der Waals surface area contributed by atoms with Crippen LogP contribution in [0.5, 0.6) is 0 Å².